The summed E-state index contributed by atoms with van der Waals surface area (Å²) in [5.41, 5.74) is 0. The predicted octanol–water partition coefficient (Wildman–Crippen LogP) is -1.24. The van der Waals surface area contributed by atoms with Gasteiger partial charge in [-0.3, -0.25) is 9.59 Å². The molecule has 2 amide bonds. The van der Waals surface area contributed by atoms with Gasteiger partial charge in [0.05, 0.1) is 19.8 Å². The second-order valence-electron chi connectivity index (χ2n) is 4.55. The van der Waals surface area contributed by atoms with Crippen molar-refractivity contribution in [3.05, 3.63) is 0 Å². The maximum Gasteiger partial charge on any atom is 0.239 e. The lowest BCUT2D eigenvalue weighted by Crippen LogP contribution is -2.45. The highest BCUT2D eigenvalue weighted by Crippen LogP contribution is 2.18. The zero-order valence-electron chi connectivity index (χ0n) is 9.83. The number of rotatable bonds is 5. The molecule has 1 saturated carbocycles. The average molecular weight is 241 g/mol. The monoisotopic (exact) mass is 241 g/mol. The lowest BCUT2D eigenvalue weighted by Gasteiger charge is -2.23. The fourth-order valence-corrected chi connectivity index (χ4v) is 1.73. The molecule has 0 aromatic heterocycles. The molecule has 0 spiro atoms. The largest absolute Gasteiger partial charge is 0.378 e. The Morgan fingerprint density at radius 1 is 1.29 bits per heavy atom. The highest BCUT2D eigenvalue weighted by atomic mass is 16.5. The first kappa shape index (κ1) is 12.3. The van der Waals surface area contributed by atoms with E-state index in [0.29, 0.717) is 25.7 Å². The first-order chi connectivity index (χ1) is 8.24. The summed E-state index contributed by atoms with van der Waals surface area (Å²) in [6.07, 6.45) is 2.47. The van der Waals surface area contributed by atoms with Crippen LogP contribution in [-0.2, 0) is 14.3 Å². The molecule has 0 radical (unpaired) electrons. The second kappa shape index (κ2) is 5.97. The minimum absolute atomic E-state index is 0.0650. The molecule has 6 nitrogen and oxygen atoms in total. The molecule has 17 heavy (non-hydrogen) atoms. The summed E-state index contributed by atoms with van der Waals surface area (Å²) in [4.78, 5) is 22.9. The van der Waals surface area contributed by atoms with E-state index >= 15 is 0 Å². The SMILES string of the molecule is O=C(CC1COCCN1)NCC(=O)NC1CC1. The van der Waals surface area contributed by atoms with Gasteiger partial charge in [0.1, 0.15) is 0 Å². The van der Waals surface area contributed by atoms with Gasteiger partial charge in [0, 0.05) is 25.0 Å². The van der Waals surface area contributed by atoms with E-state index in [1.807, 2.05) is 0 Å². The van der Waals surface area contributed by atoms with Gasteiger partial charge < -0.3 is 20.7 Å². The summed E-state index contributed by atoms with van der Waals surface area (Å²) in [6, 6.07) is 0.406. The molecule has 3 N–H and O–H groups in total. The number of nitrogens with one attached hydrogen (secondary N) is 3. The van der Waals surface area contributed by atoms with Crippen molar-refractivity contribution in [1.82, 2.24) is 16.0 Å². The van der Waals surface area contributed by atoms with Gasteiger partial charge in [-0.25, -0.2) is 0 Å². The van der Waals surface area contributed by atoms with Crippen molar-refractivity contribution in [2.75, 3.05) is 26.3 Å². The van der Waals surface area contributed by atoms with Crippen LogP contribution >= 0.6 is 0 Å². The summed E-state index contributed by atoms with van der Waals surface area (Å²) in [5.74, 6) is -0.215. The smallest absolute Gasteiger partial charge is 0.239 e. The van der Waals surface area contributed by atoms with E-state index in [1.165, 1.54) is 0 Å². The number of ether oxygens (including phenoxy) is 1. The first-order valence-electron chi connectivity index (χ1n) is 6.11. The molecule has 1 aliphatic carbocycles. The Hall–Kier alpha value is -1.14. The van der Waals surface area contributed by atoms with Crippen LogP contribution in [0.4, 0.5) is 0 Å². The van der Waals surface area contributed by atoms with Crippen molar-refractivity contribution < 1.29 is 14.3 Å². The Labute approximate surface area is 100 Å². The molecule has 2 aliphatic rings. The lowest BCUT2D eigenvalue weighted by atomic mass is 10.2. The Kier molecular flexibility index (Phi) is 4.33. The topological polar surface area (TPSA) is 79.5 Å². The molecule has 2 fully saturated rings. The number of carbonyl (C=O) groups excluding carboxylic acids is 2. The van der Waals surface area contributed by atoms with Gasteiger partial charge in [-0.15, -0.1) is 0 Å². The maximum absolute atomic E-state index is 11.5. The predicted molar refractivity (Wildman–Crippen MR) is 61.4 cm³/mol. The van der Waals surface area contributed by atoms with E-state index in [9.17, 15) is 9.59 Å². The van der Waals surface area contributed by atoms with Crippen LogP contribution in [0, 0.1) is 0 Å². The van der Waals surface area contributed by atoms with Gasteiger partial charge in [-0.2, -0.15) is 0 Å². The molecule has 0 aromatic rings. The number of carbonyl (C=O) groups is 2. The summed E-state index contributed by atoms with van der Waals surface area (Å²) < 4.78 is 5.25. The lowest BCUT2D eigenvalue weighted by molar-refractivity contribution is -0.126. The van der Waals surface area contributed by atoms with Crippen molar-refractivity contribution in [3.63, 3.8) is 0 Å². The minimum Gasteiger partial charge on any atom is -0.378 e. The van der Waals surface area contributed by atoms with Gasteiger partial charge >= 0.3 is 0 Å². The molecule has 1 atom stereocenters. The van der Waals surface area contributed by atoms with Crippen molar-refractivity contribution in [2.24, 2.45) is 0 Å². The molecular formula is C11H19N3O3. The van der Waals surface area contributed by atoms with Gasteiger partial charge in [0.25, 0.3) is 0 Å². The summed E-state index contributed by atoms with van der Waals surface area (Å²) in [6.45, 7) is 2.10. The molecule has 6 heteroatoms. The summed E-state index contributed by atoms with van der Waals surface area (Å²) >= 11 is 0. The number of hydrogen-bond acceptors (Lipinski definition) is 4. The molecule has 1 unspecified atom stereocenters. The molecule has 1 heterocycles. The van der Waals surface area contributed by atoms with Crippen molar-refractivity contribution >= 4 is 11.8 Å². The van der Waals surface area contributed by atoms with E-state index in [4.69, 9.17) is 4.74 Å². The molecule has 0 bridgehead atoms. The standard InChI is InChI=1S/C11H19N3O3/c15-10(5-9-7-17-4-3-12-9)13-6-11(16)14-8-1-2-8/h8-9,12H,1-7H2,(H,13,15)(H,14,16). The van der Waals surface area contributed by atoms with Crippen molar-refractivity contribution in [3.8, 4) is 0 Å². The molecule has 96 valence electrons. The van der Waals surface area contributed by atoms with Crippen LogP contribution in [0.5, 0.6) is 0 Å². The zero-order chi connectivity index (χ0) is 12.1. The molecule has 2 rings (SSSR count). The highest BCUT2D eigenvalue weighted by Gasteiger charge is 2.23. The molecule has 1 saturated heterocycles. The molecule has 1 aliphatic heterocycles. The van der Waals surface area contributed by atoms with Crippen molar-refractivity contribution in [2.45, 2.75) is 31.3 Å². The number of hydrogen-bond donors (Lipinski definition) is 3. The molecule has 0 aromatic carbocycles. The van der Waals surface area contributed by atoms with Gasteiger partial charge in [0.15, 0.2) is 0 Å². The van der Waals surface area contributed by atoms with Crippen LogP contribution in [-0.4, -0.2) is 50.2 Å². The number of amides is 2. The van der Waals surface area contributed by atoms with Crippen LogP contribution < -0.4 is 16.0 Å². The minimum atomic E-state index is -0.112. The van der Waals surface area contributed by atoms with E-state index in [-0.39, 0.29) is 24.4 Å². The Morgan fingerprint density at radius 2 is 2.12 bits per heavy atom. The van der Waals surface area contributed by atoms with Crippen LogP contribution in [0.15, 0.2) is 0 Å². The third-order valence-corrected chi connectivity index (χ3v) is 2.82. The summed E-state index contributed by atoms with van der Waals surface area (Å²) in [5, 5.41) is 8.63. The Morgan fingerprint density at radius 3 is 2.76 bits per heavy atom. The second-order valence-corrected chi connectivity index (χ2v) is 4.55. The fourth-order valence-electron chi connectivity index (χ4n) is 1.73. The third-order valence-electron chi connectivity index (χ3n) is 2.82. The van der Waals surface area contributed by atoms with Crippen LogP contribution in [0.25, 0.3) is 0 Å². The normalized spacial score (nSPS) is 24.1. The zero-order valence-corrected chi connectivity index (χ0v) is 9.83. The van der Waals surface area contributed by atoms with Crippen molar-refractivity contribution in [1.29, 1.82) is 0 Å². The molecular weight excluding hydrogens is 222 g/mol. The van der Waals surface area contributed by atoms with Gasteiger partial charge in [-0.1, -0.05) is 0 Å². The first-order valence-corrected chi connectivity index (χ1v) is 6.11. The average Bonchev–Trinajstić information content (AvgIpc) is 3.12. The van der Waals surface area contributed by atoms with Crippen LogP contribution in [0.3, 0.4) is 0 Å². The number of morpholine rings is 1. The highest BCUT2D eigenvalue weighted by molar-refractivity contribution is 5.85. The Bertz CT molecular complexity index is 286. The van der Waals surface area contributed by atoms with E-state index in [1.54, 1.807) is 0 Å². The van der Waals surface area contributed by atoms with Crippen LogP contribution in [0.1, 0.15) is 19.3 Å². The third kappa shape index (κ3) is 4.70. The van der Waals surface area contributed by atoms with Gasteiger partial charge in [0.2, 0.25) is 11.8 Å². The quantitative estimate of drug-likeness (QED) is 0.562. The van der Waals surface area contributed by atoms with E-state index in [2.05, 4.69) is 16.0 Å². The maximum atomic E-state index is 11.5. The van der Waals surface area contributed by atoms with E-state index in [0.717, 1.165) is 19.4 Å². The fraction of sp³-hybridized carbons (Fsp3) is 0.818. The van der Waals surface area contributed by atoms with E-state index < -0.39 is 0 Å². The van der Waals surface area contributed by atoms with Crippen LogP contribution in [0.2, 0.25) is 0 Å². The van der Waals surface area contributed by atoms with Gasteiger partial charge in [-0.05, 0) is 12.8 Å². The summed E-state index contributed by atoms with van der Waals surface area (Å²) in [7, 11) is 0. The Balaban J connectivity index is 1.57.